The first kappa shape index (κ1) is 22.8. The van der Waals surface area contributed by atoms with Gasteiger partial charge in [-0.1, -0.05) is 35.9 Å². The molecule has 1 aliphatic rings. The third kappa shape index (κ3) is 5.09. The summed E-state index contributed by atoms with van der Waals surface area (Å²) in [5.74, 6) is -0.958. The van der Waals surface area contributed by atoms with Gasteiger partial charge in [0.2, 0.25) is 0 Å². The number of carbonyl (C=O) groups excluding carboxylic acids is 2. The van der Waals surface area contributed by atoms with Crippen LogP contribution in [0.1, 0.15) is 37.4 Å². The number of hydrogen-bond acceptors (Lipinski definition) is 5. The first-order chi connectivity index (χ1) is 14.8. The molecule has 1 unspecified atom stereocenters. The van der Waals surface area contributed by atoms with Crippen LogP contribution in [0.15, 0.2) is 54.1 Å². The lowest BCUT2D eigenvalue weighted by Gasteiger charge is -2.25. The molecule has 2 aromatic carbocycles. The van der Waals surface area contributed by atoms with E-state index in [2.05, 4.69) is 0 Å². The second-order valence-electron chi connectivity index (χ2n) is 7.55. The summed E-state index contributed by atoms with van der Waals surface area (Å²) in [7, 11) is 1.56. The van der Waals surface area contributed by atoms with E-state index in [0.29, 0.717) is 41.5 Å². The van der Waals surface area contributed by atoms with Crippen molar-refractivity contribution < 1.29 is 24.2 Å². The van der Waals surface area contributed by atoms with Gasteiger partial charge in [0.15, 0.2) is 0 Å². The number of methoxy groups -OCH3 is 1. The van der Waals surface area contributed by atoms with Gasteiger partial charge in [-0.2, -0.15) is 0 Å². The summed E-state index contributed by atoms with van der Waals surface area (Å²) in [4.78, 5) is 27.3. The molecule has 6 nitrogen and oxygen atoms in total. The zero-order chi connectivity index (χ0) is 22.5. The van der Waals surface area contributed by atoms with Crippen molar-refractivity contribution in [2.75, 3.05) is 20.3 Å². The number of benzene rings is 2. The lowest BCUT2D eigenvalue weighted by atomic mass is 9.95. The quantitative estimate of drug-likeness (QED) is 0.279. The molecule has 1 fully saturated rings. The van der Waals surface area contributed by atoms with Crippen LogP contribution in [0.4, 0.5) is 0 Å². The summed E-state index contributed by atoms with van der Waals surface area (Å²) < 4.78 is 10.8. The van der Waals surface area contributed by atoms with Gasteiger partial charge in [0.1, 0.15) is 11.5 Å². The van der Waals surface area contributed by atoms with Gasteiger partial charge in [0.25, 0.3) is 11.7 Å². The fourth-order valence-electron chi connectivity index (χ4n) is 3.59. The second kappa shape index (κ2) is 9.98. The number of halogens is 1. The van der Waals surface area contributed by atoms with Crippen molar-refractivity contribution in [2.24, 2.45) is 0 Å². The average molecular weight is 444 g/mol. The van der Waals surface area contributed by atoms with Gasteiger partial charge in [0, 0.05) is 23.7 Å². The van der Waals surface area contributed by atoms with Crippen LogP contribution < -0.4 is 4.74 Å². The molecule has 0 saturated carbocycles. The highest BCUT2D eigenvalue weighted by molar-refractivity contribution is 6.46. The Hall–Kier alpha value is -2.83. The molecule has 0 bridgehead atoms. The Morgan fingerprint density at radius 2 is 1.87 bits per heavy atom. The van der Waals surface area contributed by atoms with Gasteiger partial charge >= 0.3 is 0 Å². The SMILES string of the molecule is COc1ccc(C2/C(=C(/O)c3cccc(Cl)c3)C(=O)C(=O)N2CCCOC(C)C)cc1. The van der Waals surface area contributed by atoms with E-state index in [-0.39, 0.29) is 17.4 Å². The molecule has 7 heteroatoms. The van der Waals surface area contributed by atoms with Crippen molar-refractivity contribution in [2.45, 2.75) is 32.4 Å². The van der Waals surface area contributed by atoms with Crippen LogP contribution in [0, 0.1) is 0 Å². The van der Waals surface area contributed by atoms with Crippen molar-refractivity contribution in [1.82, 2.24) is 4.90 Å². The standard InChI is InChI=1S/C24H26ClNO5/c1-15(2)31-13-5-12-26-21(16-8-10-19(30-3)11-9-16)20(23(28)24(26)29)22(27)17-6-4-7-18(25)14-17/h4,6-11,14-15,21,27H,5,12-13H2,1-3H3/b22-20-. The van der Waals surface area contributed by atoms with Gasteiger partial charge in [-0.25, -0.2) is 0 Å². The van der Waals surface area contributed by atoms with Crippen LogP contribution in [0.2, 0.25) is 5.02 Å². The molecule has 0 radical (unpaired) electrons. The van der Waals surface area contributed by atoms with Crippen molar-refractivity contribution >= 4 is 29.1 Å². The fourth-order valence-corrected chi connectivity index (χ4v) is 3.78. The number of ether oxygens (including phenoxy) is 2. The highest BCUT2D eigenvalue weighted by Crippen LogP contribution is 2.40. The van der Waals surface area contributed by atoms with Crippen LogP contribution >= 0.6 is 11.6 Å². The topological polar surface area (TPSA) is 76.1 Å². The molecule has 1 amide bonds. The van der Waals surface area contributed by atoms with Crippen LogP contribution in [-0.2, 0) is 14.3 Å². The summed E-state index contributed by atoms with van der Waals surface area (Å²) in [5.41, 5.74) is 1.13. The molecule has 2 aromatic rings. The summed E-state index contributed by atoms with van der Waals surface area (Å²) >= 11 is 6.06. The molecule has 3 rings (SSSR count). The molecule has 31 heavy (non-hydrogen) atoms. The second-order valence-corrected chi connectivity index (χ2v) is 7.99. The molecule has 0 aliphatic carbocycles. The summed E-state index contributed by atoms with van der Waals surface area (Å²) in [6, 6.07) is 12.9. The molecule has 0 spiro atoms. The molecule has 1 aliphatic heterocycles. The van der Waals surface area contributed by atoms with Gasteiger partial charge in [-0.05, 0) is 50.1 Å². The molecular weight excluding hydrogens is 418 g/mol. The van der Waals surface area contributed by atoms with Gasteiger partial charge < -0.3 is 19.5 Å². The summed E-state index contributed by atoms with van der Waals surface area (Å²) in [5, 5.41) is 11.4. The lowest BCUT2D eigenvalue weighted by Crippen LogP contribution is -2.31. The minimum Gasteiger partial charge on any atom is -0.507 e. The van der Waals surface area contributed by atoms with E-state index in [1.807, 2.05) is 13.8 Å². The van der Waals surface area contributed by atoms with Crippen molar-refractivity contribution in [3.05, 3.63) is 70.3 Å². The Morgan fingerprint density at radius 1 is 1.16 bits per heavy atom. The molecule has 164 valence electrons. The van der Waals surface area contributed by atoms with Crippen LogP contribution in [0.5, 0.6) is 5.75 Å². The average Bonchev–Trinajstić information content (AvgIpc) is 3.01. The minimum atomic E-state index is -0.719. The third-order valence-electron chi connectivity index (χ3n) is 5.06. The molecule has 1 saturated heterocycles. The van der Waals surface area contributed by atoms with Crippen molar-refractivity contribution in [3.8, 4) is 5.75 Å². The molecule has 1 atom stereocenters. The maximum Gasteiger partial charge on any atom is 0.295 e. The maximum atomic E-state index is 13.0. The van der Waals surface area contributed by atoms with Crippen LogP contribution in [-0.4, -0.2) is 48.1 Å². The van der Waals surface area contributed by atoms with Gasteiger partial charge in [-0.3, -0.25) is 9.59 Å². The van der Waals surface area contributed by atoms with E-state index < -0.39 is 17.7 Å². The smallest absolute Gasteiger partial charge is 0.295 e. The number of likely N-dealkylation sites (tertiary alicyclic amines) is 1. The van der Waals surface area contributed by atoms with E-state index in [4.69, 9.17) is 21.1 Å². The van der Waals surface area contributed by atoms with Crippen molar-refractivity contribution in [1.29, 1.82) is 0 Å². The largest absolute Gasteiger partial charge is 0.507 e. The van der Waals surface area contributed by atoms with E-state index in [0.717, 1.165) is 0 Å². The molecule has 0 aromatic heterocycles. The minimum absolute atomic E-state index is 0.0437. The Kier molecular flexibility index (Phi) is 7.36. The number of hydrogen-bond donors (Lipinski definition) is 1. The number of ketones is 1. The Morgan fingerprint density at radius 3 is 2.48 bits per heavy atom. The van der Waals surface area contributed by atoms with E-state index in [1.54, 1.807) is 55.6 Å². The zero-order valence-electron chi connectivity index (χ0n) is 17.8. The molecule has 1 N–H and O–H groups in total. The molecule has 1 heterocycles. The Balaban J connectivity index is 2.03. The number of amides is 1. The highest BCUT2D eigenvalue weighted by Gasteiger charge is 2.45. The number of nitrogens with zero attached hydrogens (tertiary/aromatic N) is 1. The monoisotopic (exact) mass is 443 g/mol. The highest BCUT2D eigenvalue weighted by atomic mass is 35.5. The summed E-state index contributed by atoms with van der Waals surface area (Å²) in [6.07, 6.45) is 0.644. The Labute approximate surface area is 187 Å². The van der Waals surface area contributed by atoms with E-state index >= 15 is 0 Å². The predicted molar refractivity (Wildman–Crippen MR) is 119 cm³/mol. The first-order valence-electron chi connectivity index (χ1n) is 10.1. The lowest BCUT2D eigenvalue weighted by molar-refractivity contribution is -0.140. The van der Waals surface area contributed by atoms with Gasteiger partial charge in [-0.15, -0.1) is 0 Å². The van der Waals surface area contributed by atoms with E-state index in [1.165, 1.54) is 4.90 Å². The zero-order valence-corrected chi connectivity index (χ0v) is 18.6. The number of carbonyl (C=O) groups is 2. The first-order valence-corrected chi connectivity index (χ1v) is 10.5. The summed E-state index contributed by atoms with van der Waals surface area (Å²) in [6.45, 7) is 4.66. The normalized spacial score (nSPS) is 18.1. The number of aliphatic hydroxyl groups is 1. The van der Waals surface area contributed by atoms with Crippen molar-refractivity contribution in [3.63, 3.8) is 0 Å². The van der Waals surface area contributed by atoms with Crippen LogP contribution in [0.3, 0.4) is 0 Å². The maximum absolute atomic E-state index is 13.0. The number of rotatable bonds is 8. The van der Waals surface area contributed by atoms with E-state index in [9.17, 15) is 14.7 Å². The molecular formula is C24H26ClNO5. The fraction of sp³-hybridized carbons (Fsp3) is 0.333. The number of aliphatic hydroxyl groups excluding tert-OH is 1. The van der Waals surface area contributed by atoms with Crippen LogP contribution in [0.25, 0.3) is 5.76 Å². The number of Topliss-reactive ketones (excluding diaryl/α,β-unsaturated/α-hetero) is 1. The third-order valence-corrected chi connectivity index (χ3v) is 5.30. The van der Waals surface area contributed by atoms with Gasteiger partial charge in [0.05, 0.1) is 24.8 Å². The Bertz CT molecular complexity index is 984. The predicted octanol–water partition coefficient (Wildman–Crippen LogP) is 4.59.